The molecule has 1 fully saturated rings. The topological polar surface area (TPSA) is 67.8 Å². The number of fused-ring (bicyclic) bond motifs is 1. The van der Waals surface area contributed by atoms with Gasteiger partial charge in [0.05, 0.1) is 32.6 Å². The van der Waals surface area contributed by atoms with Crippen LogP contribution in [0.2, 0.25) is 0 Å². The van der Waals surface area contributed by atoms with Crippen LogP contribution in [-0.4, -0.2) is 60.7 Å². The van der Waals surface area contributed by atoms with Crippen molar-refractivity contribution in [2.45, 2.75) is 64.8 Å². The van der Waals surface area contributed by atoms with Gasteiger partial charge >= 0.3 is 0 Å². The molecule has 0 bridgehead atoms. The molecule has 0 unspecified atom stereocenters. The van der Waals surface area contributed by atoms with Gasteiger partial charge in [-0.25, -0.2) is 9.97 Å². The number of methoxy groups -OCH3 is 1. The summed E-state index contributed by atoms with van der Waals surface area (Å²) in [6.45, 7) is 6.60. The first-order valence-corrected chi connectivity index (χ1v) is 12.8. The summed E-state index contributed by atoms with van der Waals surface area (Å²) in [6, 6.07) is 8.08. The number of unbranched alkanes of at least 4 members (excludes halogenated alkanes) is 4. The van der Waals surface area contributed by atoms with E-state index >= 15 is 0 Å². The van der Waals surface area contributed by atoms with Crippen molar-refractivity contribution in [1.82, 2.24) is 14.9 Å². The second-order valence-electron chi connectivity index (χ2n) is 9.24. The van der Waals surface area contributed by atoms with Crippen LogP contribution in [0.3, 0.4) is 0 Å². The summed E-state index contributed by atoms with van der Waals surface area (Å²) >= 11 is 0. The highest BCUT2D eigenvalue weighted by atomic mass is 16.5. The number of carbonyl (C=O) groups is 1. The highest BCUT2D eigenvalue weighted by Crippen LogP contribution is 2.29. The van der Waals surface area contributed by atoms with E-state index in [2.05, 4.69) is 24.0 Å². The van der Waals surface area contributed by atoms with E-state index in [1.807, 2.05) is 17.0 Å². The minimum absolute atomic E-state index is 0.261. The van der Waals surface area contributed by atoms with Gasteiger partial charge in [0.2, 0.25) is 5.91 Å². The Bertz CT molecular complexity index is 942. The van der Waals surface area contributed by atoms with Crippen LogP contribution < -0.4 is 9.64 Å². The number of amides is 1. The fraction of sp³-hybridized carbons (Fsp3) is 0.593. The van der Waals surface area contributed by atoms with Crippen LogP contribution in [0.5, 0.6) is 5.75 Å². The molecule has 0 N–H and O–H groups in total. The van der Waals surface area contributed by atoms with E-state index in [4.69, 9.17) is 19.4 Å². The third-order valence-electron chi connectivity index (χ3n) is 6.76. The maximum Gasteiger partial charge on any atom is 0.222 e. The van der Waals surface area contributed by atoms with Crippen molar-refractivity contribution in [3.63, 3.8) is 0 Å². The number of carbonyl (C=O) groups excluding carboxylic acids is 1. The zero-order chi connectivity index (χ0) is 23.8. The van der Waals surface area contributed by atoms with Crippen LogP contribution in [-0.2, 0) is 28.9 Å². The van der Waals surface area contributed by atoms with Gasteiger partial charge < -0.3 is 19.3 Å². The Morgan fingerprint density at radius 2 is 1.79 bits per heavy atom. The number of hydrogen-bond donors (Lipinski definition) is 0. The highest BCUT2D eigenvalue weighted by molar-refractivity contribution is 5.76. The van der Waals surface area contributed by atoms with Crippen molar-refractivity contribution in [2.75, 3.05) is 44.9 Å². The molecule has 2 aromatic rings. The zero-order valence-corrected chi connectivity index (χ0v) is 20.7. The second-order valence-corrected chi connectivity index (χ2v) is 9.24. The molecule has 7 heteroatoms. The van der Waals surface area contributed by atoms with Crippen LogP contribution >= 0.6 is 0 Å². The third kappa shape index (κ3) is 6.26. The Kier molecular flexibility index (Phi) is 8.74. The lowest BCUT2D eigenvalue weighted by atomic mass is 10.0. The number of aromatic nitrogens is 2. The van der Waals surface area contributed by atoms with Gasteiger partial charge in [-0.2, -0.15) is 0 Å². The van der Waals surface area contributed by atoms with Crippen molar-refractivity contribution >= 4 is 11.7 Å². The normalized spacial score (nSPS) is 15.8. The minimum Gasteiger partial charge on any atom is -0.497 e. The average molecular weight is 467 g/mol. The van der Waals surface area contributed by atoms with Gasteiger partial charge in [0.25, 0.3) is 0 Å². The lowest BCUT2D eigenvalue weighted by Gasteiger charge is -2.34. The lowest BCUT2D eigenvalue weighted by Crippen LogP contribution is -2.41. The van der Waals surface area contributed by atoms with Crippen molar-refractivity contribution in [2.24, 2.45) is 0 Å². The Morgan fingerprint density at radius 1 is 1.03 bits per heavy atom. The van der Waals surface area contributed by atoms with E-state index in [9.17, 15) is 4.79 Å². The number of morpholine rings is 1. The molecule has 0 atom stereocenters. The summed E-state index contributed by atoms with van der Waals surface area (Å²) in [6.07, 6.45) is 7.92. The highest BCUT2D eigenvalue weighted by Gasteiger charge is 2.28. The van der Waals surface area contributed by atoms with Crippen molar-refractivity contribution in [3.05, 3.63) is 46.9 Å². The van der Waals surface area contributed by atoms with Crippen LogP contribution in [0, 0.1) is 0 Å². The van der Waals surface area contributed by atoms with Gasteiger partial charge in [0.15, 0.2) is 0 Å². The molecule has 3 heterocycles. The van der Waals surface area contributed by atoms with E-state index in [0.717, 1.165) is 73.1 Å². The van der Waals surface area contributed by atoms with E-state index < -0.39 is 0 Å². The van der Waals surface area contributed by atoms with E-state index in [1.54, 1.807) is 7.11 Å². The van der Waals surface area contributed by atoms with Gasteiger partial charge in [-0.3, -0.25) is 4.79 Å². The molecule has 1 amide bonds. The quantitative estimate of drug-likeness (QED) is 0.490. The third-order valence-corrected chi connectivity index (χ3v) is 6.76. The molecule has 184 valence electrons. The van der Waals surface area contributed by atoms with Gasteiger partial charge in [-0.15, -0.1) is 0 Å². The molecule has 2 aliphatic rings. The number of ether oxygens (including phenoxy) is 2. The molecular formula is C27H38N4O3. The van der Waals surface area contributed by atoms with Gasteiger partial charge in [-0.05, 0) is 24.1 Å². The van der Waals surface area contributed by atoms with E-state index in [-0.39, 0.29) is 5.91 Å². The molecule has 0 spiro atoms. The molecule has 1 aromatic heterocycles. The van der Waals surface area contributed by atoms with Crippen molar-refractivity contribution < 1.29 is 14.3 Å². The molecular weight excluding hydrogens is 428 g/mol. The summed E-state index contributed by atoms with van der Waals surface area (Å²) in [4.78, 5) is 27.2. The SMILES string of the molecule is CCCCCCCC(=O)N1CCc2nc(Cc3ccc(OC)cc3)nc(N3CCOCC3)c2C1. The van der Waals surface area contributed by atoms with Gasteiger partial charge in [0.1, 0.15) is 17.4 Å². The lowest BCUT2D eigenvalue weighted by molar-refractivity contribution is -0.132. The Hall–Kier alpha value is -2.67. The van der Waals surface area contributed by atoms with Crippen LogP contribution in [0.15, 0.2) is 24.3 Å². The number of benzene rings is 1. The number of anilines is 1. The Balaban J connectivity index is 1.51. The average Bonchev–Trinajstić information content (AvgIpc) is 2.88. The smallest absolute Gasteiger partial charge is 0.222 e. The fourth-order valence-electron chi connectivity index (χ4n) is 4.74. The molecule has 0 radical (unpaired) electrons. The predicted octanol–water partition coefficient (Wildman–Crippen LogP) is 4.16. The number of hydrogen-bond acceptors (Lipinski definition) is 6. The fourth-order valence-corrected chi connectivity index (χ4v) is 4.74. The standard InChI is InChI=1S/C27H38N4O3/c1-3-4-5-6-7-8-26(32)31-14-13-24-23(20-31)27(30-15-17-34-18-16-30)29-25(28-24)19-21-9-11-22(33-2)12-10-21/h9-12H,3-8,13-20H2,1-2H3. The molecule has 1 aromatic carbocycles. The predicted molar refractivity (Wildman–Crippen MR) is 133 cm³/mol. The minimum atomic E-state index is 0.261. The first-order chi connectivity index (χ1) is 16.7. The molecule has 0 saturated carbocycles. The van der Waals surface area contributed by atoms with Gasteiger partial charge in [0, 0.05) is 44.5 Å². The van der Waals surface area contributed by atoms with Crippen molar-refractivity contribution in [3.8, 4) is 5.75 Å². The maximum absolute atomic E-state index is 12.9. The second kappa shape index (κ2) is 12.2. The largest absolute Gasteiger partial charge is 0.497 e. The number of nitrogens with zero attached hydrogens (tertiary/aromatic N) is 4. The number of rotatable bonds is 10. The summed E-state index contributed by atoms with van der Waals surface area (Å²) < 4.78 is 10.9. The Morgan fingerprint density at radius 3 is 2.53 bits per heavy atom. The molecule has 34 heavy (non-hydrogen) atoms. The maximum atomic E-state index is 12.9. The molecule has 4 rings (SSSR count). The van der Waals surface area contributed by atoms with Gasteiger partial charge in [-0.1, -0.05) is 44.7 Å². The monoisotopic (exact) mass is 466 g/mol. The first kappa shape index (κ1) is 24.5. The molecule has 0 aliphatic carbocycles. The summed E-state index contributed by atoms with van der Waals surface area (Å²) in [5, 5.41) is 0. The van der Waals surface area contributed by atoms with Crippen LogP contribution in [0.4, 0.5) is 5.82 Å². The molecule has 1 saturated heterocycles. The van der Waals surface area contributed by atoms with Crippen LogP contribution in [0.25, 0.3) is 0 Å². The van der Waals surface area contributed by atoms with Crippen molar-refractivity contribution in [1.29, 1.82) is 0 Å². The molecule has 7 nitrogen and oxygen atoms in total. The van der Waals surface area contributed by atoms with E-state index in [0.29, 0.717) is 32.6 Å². The molecule has 2 aliphatic heterocycles. The summed E-state index contributed by atoms with van der Waals surface area (Å²) in [5.74, 6) is 2.93. The first-order valence-electron chi connectivity index (χ1n) is 12.8. The van der Waals surface area contributed by atoms with E-state index in [1.165, 1.54) is 19.3 Å². The zero-order valence-electron chi connectivity index (χ0n) is 20.7. The summed E-state index contributed by atoms with van der Waals surface area (Å²) in [5.41, 5.74) is 3.36. The summed E-state index contributed by atoms with van der Waals surface area (Å²) in [7, 11) is 1.68. The Labute approximate surface area is 203 Å². The van der Waals surface area contributed by atoms with Crippen LogP contribution in [0.1, 0.15) is 68.1 Å².